The Kier molecular flexibility index (Phi) is 9.53. The fourth-order valence-corrected chi connectivity index (χ4v) is 6.72. The van der Waals surface area contributed by atoms with E-state index in [0.29, 0.717) is 16.3 Å². The van der Waals surface area contributed by atoms with Gasteiger partial charge in [0.2, 0.25) is 11.8 Å². The van der Waals surface area contributed by atoms with E-state index in [1.165, 1.54) is 17.0 Å². The van der Waals surface area contributed by atoms with Crippen LogP contribution in [0.25, 0.3) is 0 Å². The van der Waals surface area contributed by atoms with Gasteiger partial charge in [0.05, 0.1) is 10.6 Å². The van der Waals surface area contributed by atoms with E-state index < -0.39 is 28.5 Å². The molecule has 0 heterocycles. The second-order valence-electron chi connectivity index (χ2n) is 10.4. The molecular weight excluding hydrogens is 546 g/mol. The summed E-state index contributed by atoms with van der Waals surface area (Å²) < 4.78 is 28.9. The number of hydrogen-bond acceptors (Lipinski definition) is 4. The predicted molar refractivity (Wildman–Crippen MR) is 159 cm³/mol. The Hall–Kier alpha value is -3.36. The topological polar surface area (TPSA) is 86.8 Å². The van der Waals surface area contributed by atoms with Gasteiger partial charge in [-0.15, -0.1) is 0 Å². The summed E-state index contributed by atoms with van der Waals surface area (Å²) in [6.45, 7) is 5.11. The van der Waals surface area contributed by atoms with Crippen molar-refractivity contribution >= 4 is 39.1 Å². The highest BCUT2D eigenvalue weighted by Crippen LogP contribution is 2.29. The zero-order chi connectivity index (χ0) is 28.9. The number of carbonyl (C=O) groups excluding carboxylic acids is 2. The Morgan fingerprint density at radius 1 is 0.975 bits per heavy atom. The van der Waals surface area contributed by atoms with Gasteiger partial charge in [0, 0.05) is 17.6 Å². The van der Waals surface area contributed by atoms with E-state index in [4.69, 9.17) is 11.6 Å². The van der Waals surface area contributed by atoms with Gasteiger partial charge in [-0.1, -0.05) is 72.5 Å². The van der Waals surface area contributed by atoms with E-state index >= 15 is 0 Å². The first-order valence-electron chi connectivity index (χ1n) is 13.6. The summed E-state index contributed by atoms with van der Waals surface area (Å²) >= 11 is 6.17. The molecule has 0 spiro atoms. The molecule has 0 aliphatic heterocycles. The number of nitrogens with one attached hydrogen (secondary N) is 1. The molecule has 0 saturated heterocycles. The third kappa shape index (κ3) is 7.04. The highest BCUT2D eigenvalue weighted by Gasteiger charge is 2.33. The summed E-state index contributed by atoms with van der Waals surface area (Å²) in [5, 5.41) is 3.55. The number of benzene rings is 3. The van der Waals surface area contributed by atoms with Crippen LogP contribution in [0.5, 0.6) is 0 Å². The Balaban J connectivity index is 1.70. The molecule has 3 aromatic carbocycles. The number of aryl methyl sites for hydroxylation is 2. The number of sulfonamides is 1. The van der Waals surface area contributed by atoms with Crippen LogP contribution in [0.3, 0.4) is 0 Å². The molecule has 1 fully saturated rings. The number of rotatable bonds is 10. The van der Waals surface area contributed by atoms with Crippen LogP contribution in [0.15, 0.2) is 77.7 Å². The summed E-state index contributed by atoms with van der Waals surface area (Å²) in [4.78, 5) is 28.9. The zero-order valence-electron chi connectivity index (χ0n) is 23.1. The van der Waals surface area contributed by atoms with Gasteiger partial charge in [-0.25, -0.2) is 8.42 Å². The third-order valence-electron chi connectivity index (χ3n) is 7.38. The lowest BCUT2D eigenvalue weighted by Crippen LogP contribution is -2.52. The summed E-state index contributed by atoms with van der Waals surface area (Å²) in [5.74, 6) is -0.726. The van der Waals surface area contributed by atoms with Gasteiger partial charge < -0.3 is 10.2 Å². The molecule has 1 atom stereocenters. The van der Waals surface area contributed by atoms with Crippen LogP contribution >= 0.6 is 11.6 Å². The first-order valence-corrected chi connectivity index (χ1v) is 15.4. The van der Waals surface area contributed by atoms with Gasteiger partial charge >= 0.3 is 0 Å². The Morgan fingerprint density at radius 2 is 1.62 bits per heavy atom. The molecule has 0 aromatic heterocycles. The molecule has 40 heavy (non-hydrogen) atoms. The Morgan fingerprint density at radius 3 is 2.25 bits per heavy atom. The molecule has 2 amide bonds. The molecule has 0 radical (unpaired) electrons. The van der Waals surface area contributed by atoms with Crippen LogP contribution in [0, 0.1) is 13.8 Å². The van der Waals surface area contributed by atoms with Gasteiger partial charge in [0.1, 0.15) is 12.6 Å². The highest BCUT2D eigenvalue weighted by molar-refractivity contribution is 7.92. The second kappa shape index (κ2) is 12.9. The first-order chi connectivity index (χ1) is 19.1. The van der Waals surface area contributed by atoms with Gasteiger partial charge in [-0.2, -0.15) is 0 Å². The number of amides is 2. The predicted octanol–water partition coefficient (Wildman–Crippen LogP) is 5.63. The van der Waals surface area contributed by atoms with Crippen molar-refractivity contribution in [1.82, 2.24) is 10.2 Å². The van der Waals surface area contributed by atoms with E-state index in [1.54, 1.807) is 50.2 Å². The minimum atomic E-state index is -4.12. The van der Waals surface area contributed by atoms with Gasteiger partial charge in [-0.3, -0.25) is 13.9 Å². The van der Waals surface area contributed by atoms with Crippen molar-refractivity contribution in [3.63, 3.8) is 0 Å². The van der Waals surface area contributed by atoms with Crippen molar-refractivity contribution in [1.29, 1.82) is 0 Å². The van der Waals surface area contributed by atoms with E-state index in [-0.39, 0.29) is 23.4 Å². The molecule has 0 unspecified atom stereocenters. The lowest BCUT2D eigenvalue weighted by atomic mass is 10.1. The highest BCUT2D eigenvalue weighted by atomic mass is 35.5. The van der Waals surface area contributed by atoms with Crippen molar-refractivity contribution in [3.05, 3.63) is 94.5 Å². The van der Waals surface area contributed by atoms with Crippen molar-refractivity contribution in [2.24, 2.45) is 0 Å². The molecule has 1 aliphatic carbocycles. The quantitative estimate of drug-likeness (QED) is 0.336. The molecule has 3 aromatic rings. The molecule has 1 N–H and O–H groups in total. The Labute approximate surface area is 242 Å². The number of hydrogen-bond donors (Lipinski definition) is 1. The van der Waals surface area contributed by atoms with E-state index in [0.717, 1.165) is 41.1 Å². The van der Waals surface area contributed by atoms with Crippen LogP contribution in [0.4, 0.5) is 5.69 Å². The third-order valence-corrected chi connectivity index (χ3v) is 9.39. The maximum atomic E-state index is 14.1. The van der Waals surface area contributed by atoms with Crippen LogP contribution in [0.2, 0.25) is 5.02 Å². The smallest absolute Gasteiger partial charge is 0.264 e. The molecule has 212 valence electrons. The lowest BCUT2D eigenvalue weighted by Gasteiger charge is -2.33. The number of carbonyl (C=O) groups is 2. The van der Waals surface area contributed by atoms with Crippen LogP contribution in [-0.4, -0.2) is 43.8 Å². The molecule has 1 saturated carbocycles. The molecular formula is C31H36ClN3O4S. The average molecular weight is 582 g/mol. The van der Waals surface area contributed by atoms with Gasteiger partial charge in [-0.05, 0) is 75.1 Å². The van der Waals surface area contributed by atoms with Crippen LogP contribution in [0.1, 0.15) is 49.3 Å². The largest absolute Gasteiger partial charge is 0.352 e. The van der Waals surface area contributed by atoms with Crippen LogP contribution in [-0.2, 0) is 26.2 Å². The Bertz CT molecular complexity index is 1440. The van der Waals surface area contributed by atoms with E-state index in [9.17, 15) is 18.0 Å². The normalized spacial score (nSPS) is 14.5. The number of halogens is 1. The minimum absolute atomic E-state index is 0.0641. The van der Waals surface area contributed by atoms with Crippen molar-refractivity contribution in [2.75, 3.05) is 10.8 Å². The second-order valence-corrected chi connectivity index (χ2v) is 12.7. The van der Waals surface area contributed by atoms with E-state index in [2.05, 4.69) is 5.32 Å². The fourth-order valence-electron chi connectivity index (χ4n) is 5.00. The van der Waals surface area contributed by atoms with Gasteiger partial charge in [0.25, 0.3) is 10.0 Å². The maximum absolute atomic E-state index is 14.1. The van der Waals surface area contributed by atoms with Crippen molar-refractivity contribution in [3.8, 4) is 0 Å². The molecule has 7 nitrogen and oxygen atoms in total. The standard InChI is InChI=1S/C31H36ClN3O4S/c1-22-13-15-25(16-14-22)20-34(24(3)31(37)33-27-9-7-8-10-27)30(36)21-35(29-18-17-26(32)19-23(29)2)40(38,39)28-11-5-4-6-12-28/h4-6,11-19,24,27H,7-10,20-21H2,1-3H3,(H,33,37)/t24-/m0/s1. The summed E-state index contributed by atoms with van der Waals surface area (Å²) in [6, 6.07) is 19.9. The summed E-state index contributed by atoms with van der Waals surface area (Å²) in [6.07, 6.45) is 3.97. The number of anilines is 1. The molecule has 1 aliphatic rings. The zero-order valence-corrected chi connectivity index (χ0v) is 24.7. The van der Waals surface area contributed by atoms with Crippen molar-refractivity contribution in [2.45, 2.75) is 70.0 Å². The summed E-state index contributed by atoms with van der Waals surface area (Å²) in [5.41, 5.74) is 2.88. The molecule has 0 bridgehead atoms. The van der Waals surface area contributed by atoms with Crippen LogP contribution < -0.4 is 9.62 Å². The fraction of sp³-hybridized carbons (Fsp3) is 0.355. The lowest BCUT2D eigenvalue weighted by molar-refractivity contribution is -0.139. The van der Waals surface area contributed by atoms with E-state index in [1.807, 2.05) is 31.2 Å². The molecule has 9 heteroatoms. The SMILES string of the molecule is Cc1ccc(CN(C(=O)CN(c2ccc(Cl)cc2C)S(=O)(=O)c2ccccc2)[C@@H](C)C(=O)NC2CCCC2)cc1. The maximum Gasteiger partial charge on any atom is 0.264 e. The van der Waals surface area contributed by atoms with Crippen molar-refractivity contribution < 1.29 is 18.0 Å². The van der Waals surface area contributed by atoms with Gasteiger partial charge in [0.15, 0.2) is 0 Å². The average Bonchev–Trinajstić information content (AvgIpc) is 3.45. The first kappa shape index (κ1) is 29.6. The molecule has 4 rings (SSSR count). The summed E-state index contributed by atoms with van der Waals surface area (Å²) in [7, 11) is -4.12. The minimum Gasteiger partial charge on any atom is -0.352 e. The number of nitrogens with zero attached hydrogens (tertiary/aromatic N) is 2. The monoisotopic (exact) mass is 581 g/mol.